The predicted octanol–water partition coefficient (Wildman–Crippen LogP) is 2.92. The van der Waals surface area contributed by atoms with Crippen LogP contribution in [0.1, 0.15) is 13.8 Å². The summed E-state index contributed by atoms with van der Waals surface area (Å²) >= 11 is 3.30. The summed E-state index contributed by atoms with van der Waals surface area (Å²) in [5, 5.41) is 2.20. The van der Waals surface area contributed by atoms with Gasteiger partial charge in [-0.3, -0.25) is 0 Å². The van der Waals surface area contributed by atoms with Gasteiger partial charge in [0.1, 0.15) is 0 Å². The number of hydrogen-bond donors (Lipinski definition) is 1. The average molecular weight is 295 g/mol. The maximum absolute atomic E-state index is 5.71. The van der Waals surface area contributed by atoms with Gasteiger partial charge in [0.15, 0.2) is 4.34 Å². The number of hydrogen-bond acceptors (Lipinski definition) is 6. The van der Waals surface area contributed by atoms with E-state index in [0.29, 0.717) is 0 Å². The number of fused-ring (bicyclic) bond motifs is 1. The van der Waals surface area contributed by atoms with Crippen molar-refractivity contribution in [1.82, 2.24) is 14.8 Å². The molecule has 1 aromatic carbocycles. The van der Waals surface area contributed by atoms with E-state index in [-0.39, 0.29) is 12.2 Å². The zero-order chi connectivity index (χ0) is 13.2. The van der Waals surface area contributed by atoms with E-state index in [0.717, 1.165) is 22.9 Å². The Labute approximate surface area is 121 Å². The maximum atomic E-state index is 5.71. The van der Waals surface area contributed by atoms with E-state index in [2.05, 4.69) is 40.8 Å². The number of morpholine rings is 1. The minimum absolute atomic E-state index is 0.271. The van der Waals surface area contributed by atoms with Crippen LogP contribution in [0.3, 0.4) is 0 Å². The summed E-state index contributed by atoms with van der Waals surface area (Å²) in [5.74, 6) is 0. The number of aromatic nitrogens is 1. The molecule has 2 aromatic rings. The Bertz CT molecular complexity index is 517. The summed E-state index contributed by atoms with van der Waals surface area (Å²) in [6.45, 7) is 6.02. The molecule has 1 aromatic heterocycles. The lowest BCUT2D eigenvalue weighted by Gasteiger charge is -2.34. The summed E-state index contributed by atoms with van der Waals surface area (Å²) in [5.41, 5.74) is 1.07. The normalized spacial score (nSPS) is 24.9. The second-order valence-corrected chi connectivity index (χ2v) is 6.87. The number of para-hydroxylation sites is 1. The van der Waals surface area contributed by atoms with Gasteiger partial charge in [-0.2, -0.15) is 4.83 Å². The van der Waals surface area contributed by atoms with Crippen molar-refractivity contribution in [2.75, 3.05) is 13.1 Å². The Kier molecular flexibility index (Phi) is 4.04. The molecule has 0 bridgehead atoms. The molecule has 102 valence electrons. The number of rotatable bonds is 3. The molecule has 6 heteroatoms. The van der Waals surface area contributed by atoms with Crippen LogP contribution in [0.5, 0.6) is 0 Å². The third-order valence-corrected chi connectivity index (χ3v) is 4.90. The van der Waals surface area contributed by atoms with Crippen LogP contribution in [0.2, 0.25) is 0 Å². The number of nitrogens with one attached hydrogen (secondary N) is 1. The molecular weight excluding hydrogens is 278 g/mol. The van der Waals surface area contributed by atoms with E-state index in [1.54, 1.807) is 23.3 Å². The topological polar surface area (TPSA) is 37.4 Å². The third kappa shape index (κ3) is 3.27. The molecule has 4 nitrogen and oxygen atoms in total. The van der Waals surface area contributed by atoms with Gasteiger partial charge in [-0.1, -0.05) is 12.1 Å². The van der Waals surface area contributed by atoms with Crippen LogP contribution < -0.4 is 4.83 Å². The monoisotopic (exact) mass is 295 g/mol. The first kappa shape index (κ1) is 13.3. The number of benzene rings is 1. The Morgan fingerprint density at radius 3 is 2.79 bits per heavy atom. The van der Waals surface area contributed by atoms with Crippen LogP contribution in [0.25, 0.3) is 10.2 Å². The van der Waals surface area contributed by atoms with Crippen molar-refractivity contribution in [2.45, 2.75) is 30.4 Å². The fraction of sp³-hybridized carbons (Fsp3) is 0.462. The highest BCUT2D eigenvalue weighted by atomic mass is 32.2. The summed E-state index contributed by atoms with van der Waals surface area (Å²) in [6, 6.07) is 8.23. The van der Waals surface area contributed by atoms with Crippen LogP contribution >= 0.6 is 23.3 Å². The molecule has 2 atom stereocenters. The van der Waals surface area contributed by atoms with E-state index >= 15 is 0 Å². The summed E-state index contributed by atoms with van der Waals surface area (Å²) in [6.07, 6.45) is 0.541. The zero-order valence-corrected chi connectivity index (χ0v) is 12.6. The molecule has 1 saturated heterocycles. The Morgan fingerprint density at radius 2 is 2.05 bits per heavy atom. The molecule has 2 heterocycles. The van der Waals surface area contributed by atoms with Crippen LogP contribution in [0, 0.1) is 0 Å². The molecular formula is C13H17N3OS2. The first-order valence-corrected chi connectivity index (χ1v) is 8.02. The highest BCUT2D eigenvalue weighted by Crippen LogP contribution is 2.28. The van der Waals surface area contributed by atoms with Crippen molar-refractivity contribution in [1.29, 1.82) is 0 Å². The van der Waals surface area contributed by atoms with Gasteiger partial charge in [-0.05, 0) is 26.0 Å². The first-order valence-electron chi connectivity index (χ1n) is 6.39. The standard InChI is InChI=1S/C13H17N3OS2/c1-9-7-16(8-10(2)17-9)15-19-13-14-11-5-3-4-6-12(11)18-13/h3-6,9-10,15H,7-8H2,1-2H3. The lowest BCUT2D eigenvalue weighted by Crippen LogP contribution is -2.49. The van der Waals surface area contributed by atoms with Crippen LogP contribution in [-0.4, -0.2) is 35.3 Å². The van der Waals surface area contributed by atoms with Crippen molar-refractivity contribution in [3.05, 3.63) is 24.3 Å². The predicted molar refractivity (Wildman–Crippen MR) is 80.2 cm³/mol. The fourth-order valence-electron chi connectivity index (χ4n) is 2.25. The van der Waals surface area contributed by atoms with E-state index in [1.807, 2.05) is 12.1 Å². The first-order chi connectivity index (χ1) is 9.20. The molecule has 19 heavy (non-hydrogen) atoms. The van der Waals surface area contributed by atoms with Crippen molar-refractivity contribution < 1.29 is 4.74 Å². The molecule has 0 radical (unpaired) electrons. The van der Waals surface area contributed by atoms with Crippen molar-refractivity contribution in [2.24, 2.45) is 0 Å². The number of hydrazine groups is 1. The highest BCUT2D eigenvalue weighted by Gasteiger charge is 2.22. The quantitative estimate of drug-likeness (QED) is 0.881. The molecule has 0 aliphatic carbocycles. The minimum Gasteiger partial charge on any atom is -0.373 e. The molecule has 0 spiro atoms. The lowest BCUT2D eigenvalue weighted by atomic mass is 10.3. The lowest BCUT2D eigenvalue weighted by molar-refractivity contribution is -0.0740. The Hall–Kier alpha value is -0.660. The van der Waals surface area contributed by atoms with Gasteiger partial charge in [-0.25, -0.2) is 9.99 Å². The molecule has 1 aliphatic heterocycles. The van der Waals surface area contributed by atoms with E-state index in [9.17, 15) is 0 Å². The van der Waals surface area contributed by atoms with Crippen LogP contribution in [0.4, 0.5) is 0 Å². The highest BCUT2D eigenvalue weighted by molar-refractivity contribution is 7.99. The van der Waals surface area contributed by atoms with E-state index < -0.39 is 0 Å². The smallest absolute Gasteiger partial charge is 0.167 e. The second kappa shape index (κ2) is 5.76. The average Bonchev–Trinajstić information content (AvgIpc) is 2.78. The molecule has 1 N–H and O–H groups in total. The van der Waals surface area contributed by atoms with Crippen molar-refractivity contribution >= 4 is 33.5 Å². The Morgan fingerprint density at radius 1 is 1.32 bits per heavy atom. The van der Waals surface area contributed by atoms with Gasteiger partial charge < -0.3 is 4.74 Å². The molecule has 3 rings (SSSR count). The summed E-state index contributed by atoms with van der Waals surface area (Å²) < 4.78 is 7.99. The molecule has 2 unspecified atom stereocenters. The van der Waals surface area contributed by atoms with Gasteiger partial charge in [-0.15, -0.1) is 11.3 Å². The number of nitrogens with zero attached hydrogens (tertiary/aromatic N) is 2. The van der Waals surface area contributed by atoms with E-state index in [4.69, 9.17) is 4.74 Å². The van der Waals surface area contributed by atoms with Crippen LogP contribution in [-0.2, 0) is 4.74 Å². The van der Waals surface area contributed by atoms with E-state index in [1.165, 1.54) is 4.70 Å². The van der Waals surface area contributed by atoms with Gasteiger partial charge in [0.2, 0.25) is 0 Å². The third-order valence-electron chi connectivity index (χ3n) is 2.96. The number of thiazole rings is 1. The molecule has 1 aliphatic rings. The van der Waals surface area contributed by atoms with Gasteiger partial charge in [0.05, 0.1) is 22.4 Å². The molecule has 0 amide bonds. The summed E-state index contributed by atoms with van der Waals surface area (Å²) in [4.78, 5) is 7.97. The summed E-state index contributed by atoms with van der Waals surface area (Å²) in [7, 11) is 0. The van der Waals surface area contributed by atoms with Gasteiger partial charge in [0.25, 0.3) is 0 Å². The zero-order valence-electron chi connectivity index (χ0n) is 11.0. The fourth-order valence-corrected chi connectivity index (χ4v) is 4.00. The van der Waals surface area contributed by atoms with Crippen molar-refractivity contribution in [3.8, 4) is 0 Å². The minimum atomic E-state index is 0.271. The van der Waals surface area contributed by atoms with Crippen LogP contribution in [0.15, 0.2) is 28.6 Å². The largest absolute Gasteiger partial charge is 0.373 e. The van der Waals surface area contributed by atoms with Gasteiger partial charge >= 0.3 is 0 Å². The van der Waals surface area contributed by atoms with Crippen molar-refractivity contribution in [3.63, 3.8) is 0 Å². The number of ether oxygens (including phenoxy) is 1. The van der Waals surface area contributed by atoms with Gasteiger partial charge in [0, 0.05) is 25.0 Å². The molecule has 0 saturated carbocycles. The SMILES string of the molecule is CC1CN(NSc2nc3ccccc3s2)CC(C)O1. The Balaban J connectivity index is 1.62. The maximum Gasteiger partial charge on any atom is 0.167 e. The molecule has 1 fully saturated rings. The second-order valence-electron chi connectivity index (χ2n) is 4.80.